The van der Waals surface area contributed by atoms with Gasteiger partial charge in [-0.15, -0.1) is 5.10 Å². The van der Waals surface area contributed by atoms with Crippen molar-refractivity contribution in [3.8, 4) is 16.9 Å². The van der Waals surface area contributed by atoms with Crippen LogP contribution in [0.5, 0.6) is 5.75 Å². The van der Waals surface area contributed by atoms with Crippen LogP contribution in [0.3, 0.4) is 0 Å². The Morgan fingerprint density at radius 2 is 1.87 bits per heavy atom. The fourth-order valence-electron chi connectivity index (χ4n) is 4.52. The minimum atomic E-state index is -3.58. The number of amides is 1. The molecule has 2 aromatic carbocycles. The van der Waals surface area contributed by atoms with E-state index in [-0.39, 0.29) is 22.2 Å². The number of ether oxygens (including phenoxy) is 1. The summed E-state index contributed by atoms with van der Waals surface area (Å²) in [6.45, 7) is -0.00388. The Bertz CT molecular complexity index is 1660. The molecule has 0 radical (unpaired) electrons. The van der Waals surface area contributed by atoms with Crippen molar-refractivity contribution in [1.29, 1.82) is 0 Å². The van der Waals surface area contributed by atoms with E-state index >= 15 is 0 Å². The van der Waals surface area contributed by atoms with Crippen LogP contribution in [0, 0.1) is 0 Å². The van der Waals surface area contributed by atoms with Crippen LogP contribution in [0.25, 0.3) is 16.8 Å². The summed E-state index contributed by atoms with van der Waals surface area (Å²) in [5, 5.41) is 16.9. The van der Waals surface area contributed by atoms with E-state index in [1.165, 1.54) is 27.6 Å². The lowest BCUT2D eigenvalue weighted by Crippen LogP contribution is -2.31. The van der Waals surface area contributed by atoms with Crippen molar-refractivity contribution in [1.82, 2.24) is 19.5 Å². The number of carboxylic acid groups (broad SMARTS) is 1. The molecular formula is C26H25F2N5O5S. The van der Waals surface area contributed by atoms with Crippen LogP contribution in [-0.2, 0) is 22.7 Å². The molecule has 13 heteroatoms. The first kappa shape index (κ1) is 26.4. The summed E-state index contributed by atoms with van der Waals surface area (Å²) in [6, 6.07) is 13.2. The molecule has 10 nitrogen and oxygen atoms in total. The number of benzene rings is 2. The molecule has 2 aromatic heterocycles. The summed E-state index contributed by atoms with van der Waals surface area (Å²) < 4.78 is 57.0. The topological polar surface area (TPSA) is 126 Å². The van der Waals surface area contributed by atoms with Crippen LogP contribution in [-0.4, -0.2) is 71.5 Å². The highest BCUT2D eigenvalue weighted by atomic mass is 32.2. The van der Waals surface area contributed by atoms with Crippen molar-refractivity contribution >= 4 is 33.2 Å². The molecule has 2 N–H and O–H groups in total. The number of sulfone groups is 1. The molecule has 1 amide bonds. The number of hydrogen-bond donors (Lipinski definition) is 2. The lowest BCUT2D eigenvalue weighted by molar-refractivity contribution is 0.0821. The average Bonchev–Trinajstić information content (AvgIpc) is 3.17. The zero-order valence-electron chi connectivity index (χ0n) is 20.8. The summed E-state index contributed by atoms with van der Waals surface area (Å²) in [5.41, 5.74) is 3.93. The van der Waals surface area contributed by atoms with Crippen molar-refractivity contribution in [2.45, 2.75) is 24.2 Å². The van der Waals surface area contributed by atoms with E-state index in [2.05, 4.69) is 15.4 Å². The number of fused-ring (bicyclic) bond motifs is 2. The normalized spacial score (nSPS) is 13.8. The number of alkyl halides is 2. The maximum absolute atomic E-state index is 12.9. The summed E-state index contributed by atoms with van der Waals surface area (Å²) >= 11 is 0. The zero-order chi connectivity index (χ0) is 27.7. The highest BCUT2D eigenvalue weighted by molar-refractivity contribution is 7.90. The Hall–Kier alpha value is -4.26. The van der Waals surface area contributed by atoms with Gasteiger partial charge in [0.05, 0.1) is 4.90 Å². The van der Waals surface area contributed by atoms with E-state index in [1.54, 1.807) is 18.3 Å². The number of carbonyl (C=O) groups is 1. The second kappa shape index (κ2) is 10.5. The van der Waals surface area contributed by atoms with Gasteiger partial charge in [-0.1, -0.05) is 6.07 Å². The molecule has 0 aliphatic carbocycles. The van der Waals surface area contributed by atoms with Gasteiger partial charge in [-0.3, -0.25) is 0 Å². The number of anilines is 2. The van der Waals surface area contributed by atoms with E-state index in [4.69, 9.17) is 4.74 Å². The maximum atomic E-state index is 12.9. The maximum Gasteiger partial charge on any atom is 0.407 e. The number of nitrogens with zero attached hydrogens (tertiary/aromatic N) is 4. The van der Waals surface area contributed by atoms with E-state index in [1.807, 2.05) is 18.2 Å². The van der Waals surface area contributed by atoms with Crippen molar-refractivity contribution in [2.24, 2.45) is 0 Å². The van der Waals surface area contributed by atoms with Crippen molar-refractivity contribution in [2.75, 3.05) is 31.3 Å². The van der Waals surface area contributed by atoms with Crippen LogP contribution >= 0.6 is 0 Å². The van der Waals surface area contributed by atoms with E-state index < -0.39 is 29.0 Å². The second-order valence-corrected chi connectivity index (χ2v) is 11.2. The number of hydrogen-bond acceptors (Lipinski definition) is 7. The first-order valence-corrected chi connectivity index (χ1v) is 13.9. The van der Waals surface area contributed by atoms with Crippen LogP contribution in [0.15, 0.2) is 59.6 Å². The first-order valence-electron chi connectivity index (χ1n) is 12.1. The molecule has 39 heavy (non-hydrogen) atoms. The predicted molar refractivity (Wildman–Crippen MR) is 140 cm³/mol. The molecule has 204 valence electrons. The molecule has 0 atom stereocenters. The lowest BCUT2D eigenvalue weighted by Gasteiger charge is -2.15. The minimum Gasteiger partial charge on any atom is -0.487 e. The minimum absolute atomic E-state index is 0.00760. The first-order chi connectivity index (χ1) is 18.6. The molecule has 1 aliphatic rings. The second-order valence-electron chi connectivity index (χ2n) is 9.14. The van der Waals surface area contributed by atoms with Gasteiger partial charge in [0.15, 0.2) is 15.5 Å². The van der Waals surface area contributed by atoms with Gasteiger partial charge in [-0.2, -0.15) is 4.98 Å². The van der Waals surface area contributed by atoms with Crippen LogP contribution in [0.1, 0.15) is 11.1 Å². The van der Waals surface area contributed by atoms with Crippen LogP contribution < -0.4 is 10.1 Å². The summed E-state index contributed by atoms with van der Waals surface area (Å²) in [4.78, 5) is 17.3. The zero-order valence-corrected chi connectivity index (χ0v) is 21.7. The molecule has 3 heterocycles. The number of nitrogens with one attached hydrogen (secondary N) is 1. The summed E-state index contributed by atoms with van der Waals surface area (Å²) in [7, 11) is -3.58. The largest absolute Gasteiger partial charge is 0.487 e. The Labute approximate surface area is 222 Å². The quantitative estimate of drug-likeness (QED) is 0.345. The Balaban J connectivity index is 1.49. The summed E-state index contributed by atoms with van der Waals surface area (Å²) in [5.74, 6) is 0.354. The van der Waals surface area contributed by atoms with E-state index in [0.29, 0.717) is 37.1 Å². The lowest BCUT2D eigenvalue weighted by atomic mass is 10.0. The van der Waals surface area contributed by atoms with Gasteiger partial charge < -0.3 is 20.1 Å². The molecule has 0 spiro atoms. The molecule has 1 aliphatic heterocycles. The van der Waals surface area contributed by atoms with Gasteiger partial charge in [-0.05, 0) is 66.4 Å². The molecule has 5 rings (SSSR count). The fourth-order valence-corrected chi connectivity index (χ4v) is 5.17. The molecular weight excluding hydrogens is 532 g/mol. The molecule has 0 fully saturated rings. The van der Waals surface area contributed by atoms with Crippen molar-refractivity contribution < 1.29 is 31.8 Å². The monoisotopic (exact) mass is 557 g/mol. The molecule has 0 unspecified atom stereocenters. The predicted octanol–water partition coefficient (Wildman–Crippen LogP) is 4.27. The number of halogens is 2. The van der Waals surface area contributed by atoms with Crippen molar-refractivity contribution in [3.05, 3.63) is 65.9 Å². The van der Waals surface area contributed by atoms with Crippen LogP contribution in [0.2, 0.25) is 0 Å². The highest BCUT2D eigenvalue weighted by Gasteiger charge is 2.20. The van der Waals surface area contributed by atoms with Gasteiger partial charge in [0, 0.05) is 42.4 Å². The van der Waals surface area contributed by atoms with Gasteiger partial charge in [-0.25, -0.2) is 26.5 Å². The molecule has 0 saturated heterocycles. The Morgan fingerprint density at radius 1 is 1.10 bits per heavy atom. The molecule has 0 bridgehead atoms. The third-order valence-corrected chi connectivity index (χ3v) is 7.54. The number of aromatic nitrogens is 3. The SMILES string of the molecule is CS(=O)(=O)c1ccc(OCC(F)F)c(-c2cccn3nc(Nc4ccc5c(c4)CCN(C(=O)O)CC5)nc23)c1. The highest BCUT2D eigenvalue weighted by Crippen LogP contribution is 2.35. The van der Waals surface area contributed by atoms with Gasteiger partial charge in [0.25, 0.3) is 6.43 Å². The van der Waals surface area contributed by atoms with Crippen LogP contribution in [0.4, 0.5) is 25.2 Å². The summed E-state index contributed by atoms with van der Waals surface area (Å²) in [6.07, 6.45) is 0.286. The molecule has 4 aromatic rings. The van der Waals surface area contributed by atoms with Gasteiger partial charge in [0.1, 0.15) is 12.4 Å². The Kier molecular flexibility index (Phi) is 7.08. The third-order valence-electron chi connectivity index (χ3n) is 6.43. The van der Waals surface area contributed by atoms with Gasteiger partial charge >= 0.3 is 6.09 Å². The fraction of sp³-hybridized carbons (Fsp3) is 0.269. The van der Waals surface area contributed by atoms with E-state index in [0.717, 1.165) is 23.1 Å². The van der Waals surface area contributed by atoms with Gasteiger partial charge in [0.2, 0.25) is 5.95 Å². The number of rotatable bonds is 7. The standard InChI is InChI=1S/C26H25F2N5O5S/c1-39(36,37)19-6-7-22(38-15-23(27)28)21(14-19)20-3-2-10-33-24(20)30-25(31-33)29-18-5-4-16-8-11-32(26(34)35)12-9-17(16)13-18/h2-7,10,13-14,23H,8-9,11-12,15H2,1H3,(H,29,31)(H,34,35). The Morgan fingerprint density at radius 3 is 2.59 bits per heavy atom. The smallest absolute Gasteiger partial charge is 0.407 e. The molecule has 0 saturated carbocycles. The van der Waals surface area contributed by atoms with Crippen molar-refractivity contribution in [3.63, 3.8) is 0 Å². The van der Waals surface area contributed by atoms with E-state index in [9.17, 15) is 27.1 Å². The number of pyridine rings is 1. The third kappa shape index (κ3) is 5.77. The average molecular weight is 558 g/mol.